The number of ketones is 1. The van der Waals surface area contributed by atoms with Crippen molar-refractivity contribution in [1.82, 2.24) is 4.90 Å². The summed E-state index contributed by atoms with van der Waals surface area (Å²) in [6.45, 7) is 6.96. The van der Waals surface area contributed by atoms with Crippen molar-refractivity contribution in [2.24, 2.45) is 23.7 Å². The number of hydrogen-bond donors (Lipinski definition) is 0. The smallest absolute Gasteiger partial charge is 0.136 e. The first-order valence-corrected chi connectivity index (χ1v) is 11.0. The molecule has 4 aliphatic rings. The van der Waals surface area contributed by atoms with Gasteiger partial charge in [-0.1, -0.05) is 26.3 Å². The predicted octanol–water partition coefficient (Wildman–Crippen LogP) is 4.22. The lowest BCUT2D eigenvalue weighted by molar-refractivity contribution is -0.138. The van der Waals surface area contributed by atoms with Gasteiger partial charge < -0.3 is 4.74 Å². The molecule has 5 rings (SSSR count). The molecular formula is C24H33NO2. The highest BCUT2D eigenvalue weighted by Gasteiger charge is 2.59. The lowest BCUT2D eigenvalue weighted by Crippen LogP contribution is -2.65. The van der Waals surface area contributed by atoms with Crippen molar-refractivity contribution in [3.8, 4) is 5.75 Å². The summed E-state index contributed by atoms with van der Waals surface area (Å²) in [4.78, 5) is 15.8. The van der Waals surface area contributed by atoms with Crippen LogP contribution in [0.2, 0.25) is 0 Å². The summed E-state index contributed by atoms with van der Waals surface area (Å²) in [6, 6.07) is 7.25. The van der Waals surface area contributed by atoms with Crippen molar-refractivity contribution < 1.29 is 9.53 Å². The van der Waals surface area contributed by atoms with E-state index in [1.807, 2.05) is 0 Å². The maximum Gasteiger partial charge on any atom is 0.136 e. The Morgan fingerprint density at radius 2 is 2.07 bits per heavy atom. The van der Waals surface area contributed by atoms with Crippen LogP contribution in [-0.4, -0.2) is 36.9 Å². The molecule has 1 aromatic carbocycles. The third-order valence-electron chi connectivity index (χ3n) is 8.72. The minimum atomic E-state index is 0.0336. The Morgan fingerprint density at radius 3 is 2.78 bits per heavy atom. The number of methoxy groups -OCH3 is 1. The van der Waals surface area contributed by atoms with Gasteiger partial charge in [-0.25, -0.2) is 0 Å². The predicted molar refractivity (Wildman–Crippen MR) is 107 cm³/mol. The van der Waals surface area contributed by atoms with Gasteiger partial charge in [0.15, 0.2) is 0 Å². The number of likely N-dealkylation sites (tertiary alicyclic amines) is 1. The molecule has 2 unspecified atom stereocenters. The van der Waals surface area contributed by atoms with Gasteiger partial charge in [-0.2, -0.15) is 0 Å². The molecule has 0 aromatic heterocycles. The number of piperidine rings is 1. The highest BCUT2D eigenvalue weighted by atomic mass is 16.5. The molecule has 2 saturated carbocycles. The maximum absolute atomic E-state index is 13.0. The number of fused-ring (bicyclic) bond motifs is 1. The number of benzene rings is 1. The second-order valence-electron chi connectivity index (χ2n) is 9.81. The van der Waals surface area contributed by atoms with Crippen LogP contribution in [-0.2, 0) is 16.6 Å². The van der Waals surface area contributed by atoms with Crippen LogP contribution in [0.25, 0.3) is 0 Å². The molecule has 3 fully saturated rings. The summed E-state index contributed by atoms with van der Waals surface area (Å²) in [7, 11) is 1.75. The second-order valence-corrected chi connectivity index (χ2v) is 9.81. The first-order chi connectivity index (χ1) is 13.0. The first-order valence-electron chi connectivity index (χ1n) is 11.0. The second kappa shape index (κ2) is 6.34. The fraction of sp³-hybridized carbons (Fsp3) is 0.708. The molecule has 3 aliphatic carbocycles. The number of hydrogen-bond acceptors (Lipinski definition) is 3. The van der Waals surface area contributed by atoms with Crippen molar-refractivity contribution in [3.05, 3.63) is 29.3 Å². The standard InChI is InChI=1S/C24H33NO2/c1-15-16(2)23-21-11-18-7-8-19(27-3)12-20(18)24(23,13-22(15)26)9-10-25(21)14-17-5-4-6-17/h7-8,12,15-17,21,23H,4-6,9-11,13-14H2,1-3H3/t15-,16-,21?,23-,24?/m0/s1. The Hall–Kier alpha value is -1.35. The zero-order chi connectivity index (χ0) is 18.8. The monoisotopic (exact) mass is 367 g/mol. The average Bonchev–Trinajstić information content (AvgIpc) is 2.63. The number of carbonyl (C=O) groups excluding carboxylic acids is 1. The molecule has 0 radical (unpaired) electrons. The number of ether oxygens (including phenoxy) is 1. The minimum absolute atomic E-state index is 0.0336. The average molecular weight is 368 g/mol. The van der Waals surface area contributed by atoms with E-state index in [2.05, 4.69) is 36.9 Å². The zero-order valence-electron chi connectivity index (χ0n) is 17.0. The van der Waals surface area contributed by atoms with Gasteiger partial charge in [-0.15, -0.1) is 0 Å². The summed E-state index contributed by atoms with van der Waals surface area (Å²) in [5, 5.41) is 0. The number of rotatable bonds is 3. The normalized spacial score (nSPS) is 38.7. The van der Waals surface area contributed by atoms with Crippen molar-refractivity contribution in [2.45, 2.75) is 63.8 Å². The molecule has 1 heterocycles. The van der Waals surface area contributed by atoms with E-state index in [1.165, 1.54) is 36.9 Å². The van der Waals surface area contributed by atoms with E-state index in [-0.39, 0.29) is 11.3 Å². The van der Waals surface area contributed by atoms with Crippen LogP contribution < -0.4 is 4.74 Å². The zero-order valence-corrected chi connectivity index (χ0v) is 17.0. The summed E-state index contributed by atoms with van der Waals surface area (Å²) in [6.07, 6.45) is 7.25. The van der Waals surface area contributed by atoms with E-state index >= 15 is 0 Å². The Labute approximate surface area is 163 Å². The summed E-state index contributed by atoms with van der Waals surface area (Å²) in [5.74, 6) is 3.57. The van der Waals surface area contributed by atoms with Crippen LogP contribution in [0.5, 0.6) is 5.75 Å². The van der Waals surface area contributed by atoms with Crippen LogP contribution in [0.15, 0.2) is 18.2 Å². The lowest BCUT2D eigenvalue weighted by atomic mass is 9.47. The highest BCUT2D eigenvalue weighted by molar-refractivity contribution is 5.84. The molecule has 1 aliphatic heterocycles. The molecule has 3 nitrogen and oxygen atoms in total. The number of carbonyl (C=O) groups is 1. The van der Waals surface area contributed by atoms with Gasteiger partial charge in [0.1, 0.15) is 11.5 Å². The van der Waals surface area contributed by atoms with E-state index < -0.39 is 0 Å². The number of Topliss-reactive ketones (excluding diaryl/α,β-unsaturated/α-hetero) is 1. The van der Waals surface area contributed by atoms with E-state index in [0.717, 1.165) is 37.5 Å². The molecule has 27 heavy (non-hydrogen) atoms. The van der Waals surface area contributed by atoms with Crippen LogP contribution in [0.1, 0.15) is 57.1 Å². The molecule has 3 heteroatoms. The molecule has 146 valence electrons. The Bertz CT molecular complexity index is 755. The van der Waals surface area contributed by atoms with Gasteiger partial charge in [-0.3, -0.25) is 9.69 Å². The maximum atomic E-state index is 13.0. The van der Waals surface area contributed by atoms with E-state index in [1.54, 1.807) is 7.11 Å². The van der Waals surface area contributed by atoms with Gasteiger partial charge in [0.2, 0.25) is 0 Å². The topological polar surface area (TPSA) is 29.5 Å². The van der Waals surface area contributed by atoms with Gasteiger partial charge in [0.25, 0.3) is 0 Å². The minimum Gasteiger partial charge on any atom is -0.497 e. The van der Waals surface area contributed by atoms with Crippen molar-refractivity contribution >= 4 is 5.78 Å². The van der Waals surface area contributed by atoms with E-state index in [9.17, 15) is 4.79 Å². The van der Waals surface area contributed by atoms with Crippen molar-refractivity contribution in [3.63, 3.8) is 0 Å². The van der Waals surface area contributed by atoms with Crippen LogP contribution in [0, 0.1) is 23.7 Å². The van der Waals surface area contributed by atoms with Gasteiger partial charge in [0.05, 0.1) is 7.11 Å². The quantitative estimate of drug-likeness (QED) is 0.801. The van der Waals surface area contributed by atoms with Gasteiger partial charge in [0, 0.05) is 30.3 Å². The lowest BCUT2D eigenvalue weighted by Gasteiger charge is -2.62. The molecule has 5 atom stereocenters. The molecule has 0 N–H and O–H groups in total. The Morgan fingerprint density at radius 1 is 1.26 bits per heavy atom. The molecule has 0 spiro atoms. The fourth-order valence-electron chi connectivity index (χ4n) is 6.86. The molecule has 2 bridgehead atoms. The summed E-state index contributed by atoms with van der Waals surface area (Å²) >= 11 is 0. The highest BCUT2D eigenvalue weighted by Crippen LogP contribution is 2.58. The third-order valence-corrected chi connectivity index (χ3v) is 8.72. The SMILES string of the molecule is COc1ccc2c(c1)C13CCN(CC4CCC4)C(C2)[C@@H]1[C@@H](C)[C@H](C)C(=O)C3. The Balaban J connectivity index is 1.60. The van der Waals surface area contributed by atoms with Gasteiger partial charge in [-0.05, 0) is 73.2 Å². The van der Waals surface area contributed by atoms with Crippen LogP contribution in [0.4, 0.5) is 0 Å². The third kappa shape index (κ3) is 2.53. The number of nitrogens with zero attached hydrogens (tertiary/aromatic N) is 1. The van der Waals surface area contributed by atoms with Crippen LogP contribution >= 0.6 is 0 Å². The van der Waals surface area contributed by atoms with Gasteiger partial charge >= 0.3 is 0 Å². The largest absolute Gasteiger partial charge is 0.497 e. The first kappa shape index (κ1) is 17.7. The molecule has 1 aromatic rings. The molecule has 1 saturated heterocycles. The summed E-state index contributed by atoms with van der Waals surface area (Å²) in [5.41, 5.74) is 2.93. The molecular weight excluding hydrogens is 334 g/mol. The van der Waals surface area contributed by atoms with E-state index in [0.29, 0.717) is 23.7 Å². The summed E-state index contributed by atoms with van der Waals surface area (Å²) < 4.78 is 5.57. The van der Waals surface area contributed by atoms with Crippen molar-refractivity contribution in [2.75, 3.05) is 20.2 Å². The van der Waals surface area contributed by atoms with Crippen molar-refractivity contribution in [1.29, 1.82) is 0 Å². The molecule has 0 amide bonds. The fourth-order valence-corrected chi connectivity index (χ4v) is 6.86. The Kier molecular flexibility index (Phi) is 4.16. The van der Waals surface area contributed by atoms with E-state index in [4.69, 9.17) is 4.74 Å². The van der Waals surface area contributed by atoms with Crippen LogP contribution in [0.3, 0.4) is 0 Å².